The number of hydrogen-bond acceptors (Lipinski definition) is 5. The molecule has 26 heavy (non-hydrogen) atoms. The highest BCUT2D eigenvalue weighted by Gasteiger charge is 2.40. The van der Waals surface area contributed by atoms with Gasteiger partial charge < -0.3 is 5.32 Å². The number of nitrogens with zero attached hydrogens (tertiary/aromatic N) is 2. The molecule has 0 saturated heterocycles. The van der Waals surface area contributed by atoms with Gasteiger partial charge in [-0.3, -0.25) is 19.3 Å². The van der Waals surface area contributed by atoms with Crippen LogP contribution < -0.4 is 10.2 Å². The minimum atomic E-state index is -0.846. The first-order valence-corrected chi connectivity index (χ1v) is 9.40. The number of carbonyl (C=O) groups is 3. The van der Waals surface area contributed by atoms with Crippen molar-refractivity contribution in [1.82, 2.24) is 4.98 Å². The fourth-order valence-corrected chi connectivity index (χ4v) is 4.10. The van der Waals surface area contributed by atoms with Gasteiger partial charge in [0.15, 0.2) is 5.13 Å². The maximum atomic E-state index is 12.6. The van der Waals surface area contributed by atoms with Gasteiger partial charge in [0, 0.05) is 4.47 Å². The Bertz CT molecular complexity index is 1050. The number of nitrogens with one attached hydrogen (secondary N) is 1. The molecule has 2 amide bonds. The Morgan fingerprint density at radius 1 is 1.23 bits per heavy atom. The van der Waals surface area contributed by atoms with Crippen molar-refractivity contribution in [2.75, 3.05) is 10.2 Å². The second kappa shape index (κ2) is 6.30. The number of aromatic nitrogens is 1. The smallest absolute Gasteiger partial charge is 0.300 e. The Balaban J connectivity index is 1.61. The van der Waals surface area contributed by atoms with Crippen LogP contribution in [0.4, 0.5) is 10.8 Å². The van der Waals surface area contributed by atoms with Crippen molar-refractivity contribution in [1.29, 1.82) is 0 Å². The largest absolute Gasteiger partial charge is 0.300 e. The SMILES string of the molecule is CC(C(=O)Nc1nc2ccccc2s1)N1C(=O)C(=O)c2cc(Br)ccc21. The zero-order valence-electron chi connectivity index (χ0n) is 13.5. The first kappa shape index (κ1) is 16.9. The normalized spacial score (nSPS) is 14.6. The van der Waals surface area contributed by atoms with Crippen LogP contribution in [-0.4, -0.2) is 28.6 Å². The minimum Gasteiger partial charge on any atom is -0.300 e. The van der Waals surface area contributed by atoms with E-state index in [2.05, 4.69) is 26.2 Å². The predicted octanol–water partition coefficient (Wildman–Crippen LogP) is 3.62. The van der Waals surface area contributed by atoms with Crippen molar-refractivity contribution in [2.24, 2.45) is 0 Å². The van der Waals surface area contributed by atoms with Crippen molar-refractivity contribution in [3.63, 3.8) is 0 Å². The molecule has 6 nitrogen and oxygen atoms in total. The topological polar surface area (TPSA) is 79.4 Å². The molecule has 0 spiro atoms. The van der Waals surface area contributed by atoms with Gasteiger partial charge in [-0.2, -0.15) is 0 Å². The summed E-state index contributed by atoms with van der Waals surface area (Å²) in [6.07, 6.45) is 0. The number of rotatable bonds is 3. The Morgan fingerprint density at radius 2 is 2.00 bits per heavy atom. The van der Waals surface area contributed by atoms with E-state index in [1.165, 1.54) is 16.2 Å². The van der Waals surface area contributed by atoms with Gasteiger partial charge in [-0.05, 0) is 37.3 Å². The maximum absolute atomic E-state index is 12.6. The first-order chi connectivity index (χ1) is 12.5. The van der Waals surface area contributed by atoms with Gasteiger partial charge in [0.1, 0.15) is 6.04 Å². The van der Waals surface area contributed by atoms with E-state index < -0.39 is 23.6 Å². The molecule has 2 aromatic carbocycles. The van der Waals surface area contributed by atoms with E-state index in [4.69, 9.17) is 0 Å². The fraction of sp³-hybridized carbons (Fsp3) is 0.111. The number of Topliss-reactive ketones (excluding diaryl/α,β-unsaturated/α-hetero) is 1. The van der Waals surface area contributed by atoms with Crippen LogP contribution in [0.15, 0.2) is 46.9 Å². The molecule has 0 aliphatic carbocycles. The average molecular weight is 430 g/mol. The van der Waals surface area contributed by atoms with Crippen LogP contribution in [0, 0.1) is 0 Å². The number of amides is 2. The lowest BCUT2D eigenvalue weighted by Crippen LogP contribution is -2.45. The lowest BCUT2D eigenvalue weighted by Gasteiger charge is -2.23. The van der Waals surface area contributed by atoms with Crippen molar-refractivity contribution >= 4 is 65.9 Å². The van der Waals surface area contributed by atoms with E-state index in [1.807, 2.05) is 24.3 Å². The summed E-state index contributed by atoms with van der Waals surface area (Å²) in [5.74, 6) is -1.72. The molecular formula is C18H12BrN3O3S. The highest BCUT2D eigenvalue weighted by molar-refractivity contribution is 9.10. The summed E-state index contributed by atoms with van der Waals surface area (Å²) in [5.41, 5.74) is 1.53. The molecule has 0 fully saturated rings. The second-order valence-electron chi connectivity index (χ2n) is 5.82. The number of benzene rings is 2. The molecule has 130 valence electrons. The number of fused-ring (bicyclic) bond motifs is 2. The zero-order valence-corrected chi connectivity index (χ0v) is 15.9. The molecule has 1 N–H and O–H groups in total. The van der Waals surface area contributed by atoms with E-state index in [-0.39, 0.29) is 0 Å². The van der Waals surface area contributed by atoms with Crippen LogP contribution in [-0.2, 0) is 9.59 Å². The van der Waals surface area contributed by atoms with Gasteiger partial charge in [0.25, 0.3) is 11.7 Å². The van der Waals surface area contributed by atoms with Crippen molar-refractivity contribution in [3.05, 3.63) is 52.5 Å². The maximum Gasteiger partial charge on any atom is 0.300 e. The van der Waals surface area contributed by atoms with E-state index >= 15 is 0 Å². The minimum absolute atomic E-state index is 0.295. The standard InChI is InChI=1S/C18H12BrN3O3S/c1-9(16(24)21-18-20-12-4-2-3-5-14(12)26-18)22-13-7-6-10(19)8-11(13)15(23)17(22)25/h2-9H,1H3,(H,20,21,24). The van der Waals surface area contributed by atoms with E-state index in [0.29, 0.717) is 20.9 Å². The van der Waals surface area contributed by atoms with Crippen LogP contribution in [0.5, 0.6) is 0 Å². The summed E-state index contributed by atoms with van der Waals surface area (Å²) in [5, 5.41) is 3.20. The third-order valence-corrected chi connectivity index (χ3v) is 5.61. The number of halogens is 1. The molecule has 0 saturated carbocycles. The molecule has 4 rings (SSSR count). The van der Waals surface area contributed by atoms with E-state index in [0.717, 1.165) is 10.2 Å². The molecule has 3 aromatic rings. The summed E-state index contributed by atoms with van der Waals surface area (Å²) in [4.78, 5) is 42.8. The third kappa shape index (κ3) is 2.71. The van der Waals surface area contributed by atoms with E-state index in [9.17, 15) is 14.4 Å². The molecule has 1 aromatic heterocycles. The van der Waals surface area contributed by atoms with Crippen LogP contribution in [0.1, 0.15) is 17.3 Å². The summed E-state index contributed by atoms with van der Waals surface area (Å²) in [6, 6.07) is 11.7. The van der Waals surface area contributed by atoms with Crippen LogP contribution in [0.25, 0.3) is 10.2 Å². The number of thiazole rings is 1. The van der Waals surface area contributed by atoms with Crippen molar-refractivity contribution < 1.29 is 14.4 Å². The Labute approximate surface area is 161 Å². The van der Waals surface area contributed by atoms with Crippen LogP contribution in [0.3, 0.4) is 0 Å². The van der Waals surface area contributed by atoms with E-state index in [1.54, 1.807) is 25.1 Å². The van der Waals surface area contributed by atoms with Gasteiger partial charge in [-0.15, -0.1) is 0 Å². The van der Waals surface area contributed by atoms with Crippen molar-refractivity contribution in [3.8, 4) is 0 Å². The lowest BCUT2D eigenvalue weighted by molar-refractivity contribution is -0.120. The summed E-state index contributed by atoms with van der Waals surface area (Å²) in [7, 11) is 0. The molecule has 1 atom stereocenters. The zero-order chi connectivity index (χ0) is 18.4. The molecule has 1 aliphatic heterocycles. The lowest BCUT2D eigenvalue weighted by atomic mass is 10.1. The Hall–Kier alpha value is -2.58. The monoisotopic (exact) mass is 429 g/mol. The number of hydrogen-bond donors (Lipinski definition) is 1. The average Bonchev–Trinajstić information content (AvgIpc) is 3.13. The summed E-state index contributed by atoms with van der Waals surface area (Å²) < 4.78 is 1.66. The number of para-hydroxylation sites is 1. The summed E-state index contributed by atoms with van der Waals surface area (Å²) >= 11 is 4.65. The molecule has 1 unspecified atom stereocenters. The number of carbonyl (C=O) groups excluding carboxylic acids is 3. The highest BCUT2D eigenvalue weighted by Crippen LogP contribution is 2.33. The van der Waals surface area contributed by atoms with Gasteiger partial charge in [-0.1, -0.05) is 39.4 Å². The van der Waals surface area contributed by atoms with Gasteiger partial charge in [0.2, 0.25) is 5.91 Å². The quantitative estimate of drug-likeness (QED) is 0.644. The second-order valence-corrected chi connectivity index (χ2v) is 7.76. The van der Waals surface area contributed by atoms with Gasteiger partial charge >= 0.3 is 0 Å². The van der Waals surface area contributed by atoms with Crippen molar-refractivity contribution in [2.45, 2.75) is 13.0 Å². The first-order valence-electron chi connectivity index (χ1n) is 7.79. The molecule has 2 heterocycles. The van der Waals surface area contributed by atoms with Gasteiger partial charge in [-0.25, -0.2) is 4.98 Å². The van der Waals surface area contributed by atoms with Gasteiger partial charge in [0.05, 0.1) is 21.5 Å². The Kier molecular flexibility index (Phi) is 4.08. The molecule has 0 bridgehead atoms. The van der Waals surface area contributed by atoms with Crippen LogP contribution in [0.2, 0.25) is 0 Å². The number of ketones is 1. The predicted molar refractivity (Wildman–Crippen MR) is 104 cm³/mol. The summed E-state index contributed by atoms with van der Waals surface area (Å²) in [6.45, 7) is 1.59. The number of anilines is 2. The molecule has 1 aliphatic rings. The van der Waals surface area contributed by atoms with Crippen LogP contribution >= 0.6 is 27.3 Å². The Morgan fingerprint density at radius 3 is 2.77 bits per heavy atom. The molecule has 8 heteroatoms. The molecule has 0 radical (unpaired) electrons. The third-order valence-electron chi connectivity index (χ3n) is 4.17. The fourth-order valence-electron chi connectivity index (χ4n) is 2.87. The highest BCUT2D eigenvalue weighted by atomic mass is 79.9. The molecular weight excluding hydrogens is 418 g/mol.